The van der Waals surface area contributed by atoms with Crippen molar-refractivity contribution in [3.63, 3.8) is 0 Å². The van der Waals surface area contributed by atoms with E-state index in [-0.39, 0.29) is 0 Å². The van der Waals surface area contributed by atoms with Gasteiger partial charge in [-0.2, -0.15) is 0 Å². The van der Waals surface area contributed by atoms with Crippen LogP contribution >= 0.6 is 23.1 Å². The van der Waals surface area contributed by atoms with E-state index < -0.39 is 0 Å². The molecule has 2 heterocycles. The van der Waals surface area contributed by atoms with Crippen LogP contribution in [0.2, 0.25) is 0 Å². The minimum absolute atomic E-state index is 0.417. The Bertz CT molecular complexity index is 812. The van der Waals surface area contributed by atoms with Crippen LogP contribution in [0.1, 0.15) is 43.1 Å². The van der Waals surface area contributed by atoms with Gasteiger partial charge >= 0.3 is 0 Å². The minimum Gasteiger partial charge on any atom is -0.493 e. The van der Waals surface area contributed by atoms with Crippen molar-refractivity contribution < 1.29 is 4.74 Å². The molecule has 138 valence electrons. The fraction of sp³-hybridized carbons (Fsp3) is 0.400. The highest BCUT2D eigenvalue weighted by Gasteiger charge is 2.10. The van der Waals surface area contributed by atoms with E-state index in [1.54, 1.807) is 23.1 Å². The molecule has 3 aromatic rings. The third-order valence-corrected chi connectivity index (χ3v) is 6.23. The van der Waals surface area contributed by atoms with Crippen molar-refractivity contribution in [3.8, 4) is 5.75 Å². The van der Waals surface area contributed by atoms with Crippen molar-refractivity contribution in [1.82, 2.24) is 14.5 Å². The zero-order valence-electron chi connectivity index (χ0n) is 15.5. The van der Waals surface area contributed by atoms with Gasteiger partial charge in [-0.25, -0.2) is 9.97 Å². The second kappa shape index (κ2) is 9.24. The monoisotopic (exact) mass is 387 g/mol. The highest BCUT2D eigenvalue weighted by molar-refractivity contribution is 8.00. The highest BCUT2D eigenvalue weighted by atomic mass is 32.2. The third kappa shape index (κ3) is 4.89. The number of ether oxygens (including phenoxy) is 1. The second-order valence-corrected chi connectivity index (χ2v) is 8.69. The van der Waals surface area contributed by atoms with E-state index in [1.165, 1.54) is 11.1 Å². The molecule has 0 spiro atoms. The lowest BCUT2D eigenvalue weighted by Crippen LogP contribution is -2.08. The van der Waals surface area contributed by atoms with Crippen molar-refractivity contribution in [2.45, 2.75) is 44.0 Å². The van der Waals surface area contributed by atoms with Gasteiger partial charge in [-0.3, -0.25) is 0 Å². The predicted molar refractivity (Wildman–Crippen MR) is 110 cm³/mol. The minimum atomic E-state index is 0.417. The van der Waals surface area contributed by atoms with Crippen LogP contribution in [-0.2, 0) is 6.54 Å². The summed E-state index contributed by atoms with van der Waals surface area (Å²) < 4.78 is 9.39. The van der Waals surface area contributed by atoms with Crippen LogP contribution in [-0.4, -0.2) is 26.9 Å². The zero-order chi connectivity index (χ0) is 18.4. The molecule has 0 aliphatic heterocycles. The molecule has 0 aliphatic rings. The summed E-state index contributed by atoms with van der Waals surface area (Å²) in [5, 5.41) is 2.01. The van der Waals surface area contributed by atoms with Crippen LogP contribution in [0.4, 0.5) is 0 Å². The first-order valence-electron chi connectivity index (χ1n) is 8.89. The molecule has 0 saturated carbocycles. The molecule has 0 radical (unpaired) electrons. The number of thiazole rings is 1. The Morgan fingerprint density at radius 2 is 2.12 bits per heavy atom. The Labute approximate surface area is 163 Å². The average Bonchev–Trinajstić information content (AvgIpc) is 3.29. The summed E-state index contributed by atoms with van der Waals surface area (Å²) in [5.41, 5.74) is 2.49. The molecule has 0 bridgehead atoms. The summed E-state index contributed by atoms with van der Waals surface area (Å²) in [4.78, 5) is 8.77. The lowest BCUT2D eigenvalue weighted by molar-refractivity contribution is 0.316. The van der Waals surface area contributed by atoms with Gasteiger partial charge in [0.2, 0.25) is 0 Å². The van der Waals surface area contributed by atoms with Crippen molar-refractivity contribution in [3.05, 3.63) is 59.1 Å². The summed E-state index contributed by atoms with van der Waals surface area (Å²) in [5.74, 6) is 3.54. The van der Waals surface area contributed by atoms with Crippen molar-refractivity contribution in [1.29, 1.82) is 0 Å². The molecule has 0 fully saturated rings. The first-order chi connectivity index (χ1) is 12.6. The molecule has 6 heteroatoms. The summed E-state index contributed by atoms with van der Waals surface area (Å²) in [6, 6.07) is 6.31. The van der Waals surface area contributed by atoms with Gasteiger partial charge in [0.25, 0.3) is 0 Å². The number of thioether (sulfide) groups is 1. The van der Waals surface area contributed by atoms with Gasteiger partial charge in [-0.05, 0) is 30.5 Å². The summed E-state index contributed by atoms with van der Waals surface area (Å²) in [6.45, 7) is 8.05. The molecule has 3 rings (SSSR count). The number of hydrogen-bond donors (Lipinski definition) is 0. The lowest BCUT2D eigenvalue weighted by Gasteiger charge is -2.15. The maximum atomic E-state index is 6.04. The Kier molecular flexibility index (Phi) is 6.74. The van der Waals surface area contributed by atoms with E-state index in [1.807, 2.05) is 17.8 Å². The molecule has 0 N–H and O–H groups in total. The molecule has 0 atom stereocenters. The summed E-state index contributed by atoms with van der Waals surface area (Å²) in [7, 11) is 0. The second-order valence-electron chi connectivity index (χ2n) is 6.46. The third-order valence-electron chi connectivity index (χ3n) is 4.18. The van der Waals surface area contributed by atoms with Crippen molar-refractivity contribution in [2.75, 3.05) is 12.4 Å². The fourth-order valence-electron chi connectivity index (χ4n) is 2.81. The number of aromatic nitrogens is 3. The van der Waals surface area contributed by atoms with Gasteiger partial charge in [0.15, 0.2) is 0 Å². The van der Waals surface area contributed by atoms with E-state index in [9.17, 15) is 0 Å². The van der Waals surface area contributed by atoms with Gasteiger partial charge in [0, 0.05) is 42.2 Å². The molecule has 1 aromatic carbocycles. The smallest absolute Gasteiger partial charge is 0.149 e. The molecular weight excluding hydrogens is 362 g/mol. The van der Waals surface area contributed by atoms with E-state index in [0.717, 1.165) is 41.2 Å². The van der Waals surface area contributed by atoms with Gasteiger partial charge in [-0.1, -0.05) is 37.7 Å². The van der Waals surface area contributed by atoms with E-state index in [4.69, 9.17) is 4.74 Å². The van der Waals surface area contributed by atoms with E-state index in [2.05, 4.69) is 59.7 Å². The standard InChI is InChI=1S/C20H25N3OS2/c1-15(2)19-21-8-10-23(19)14-17-6-4-7-18(16(17)3)24-11-5-12-25-20-22-9-13-26-20/h4,6-10,13,15H,5,11-12,14H2,1-3H3. The maximum absolute atomic E-state index is 6.04. The van der Waals surface area contributed by atoms with Crippen LogP contribution in [0.25, 0.3) is 0 Å². The molecular formula is C20H25N3OS2. The highest BCUT2D eigenvalue weighted by Crippen LogP contribution is 2.25. The summed E-state index contributed by atoms with van der Waals surface area (Å²) in [6.07, 6.45) is 6.79. The largest absolute Gasteiger partial charge is 0.493 e. The van der Waals surface area contributed by atoms with Gasteiger partial charge in [0.1, 0.15) is 15.9 Å². The topological polar surface area (TPSA) is 39.9 Å². The molecule has 26 heavy (non-hydrogen) atoms. The van der Waals surface area contributed by atoms with Crippen molar-refractivity contribution >= 4 is 23.1 Å². The van der Waals surface area contributed by atoms with Crippen molar-refractivity contribution in [2.24, 2.45) is 0 Å². The van der Waals surface area contributed by atoms with Crippen LogP contribution in [0.3, 0.4) is 0 Å². The predicted octanol–water partition coefficient (Wildman–Crippen LogP) is 5.38. The Hall–Kier alpha value is -1.79. The lowest BCUT2D eigenvalue weighted by atomic mass is 10.1. The van der Waals surface area contributed by atoms with E-state index >= 15 is 0 Å². The molecule has 0 saturated heterocycles. The van der Waals surface area contributed by atoms with Crippen LogP contribution in [0.15, 0.2) is 46.5 Å². The Morgan fingerprint density at radius 3 is 2.88 bits per heavy atom. The number of rotatable bonds is 9. The molecule has 0 unspecified atom stereocenters. The van der Waals surface area contributed by atoms with E-state index in [0.29, 0.717) is 5.92 Å². The quantitative estimate of drug-likeness (QED) is 0.365. The summed E-state index contributed by atoms with van der Waals surface area (Å²) >= 11 is 3.48. The number of hydrogen-bond acceptors (Lipinski definition) is 5. The first kappa shape index (κ1) is 19.0. The fourth-order valence-corrected chi connectivity index (χ4v) is 4.43. The molecule has 0 amide bonds. The van der Waals surface area contributed by atoms with Crippen LogP contribution in [0, 0.1) is 6.92 Å². The number of nitrogens with zero attached hydrogens (tertiary/aromatic N) is 3. The molecule has 2 aromatic heterocycles. The van der Waals surface area contributed by atoms with Gasteiger partial charge < -0.3 is 9.30 Å². The first-order valence-corrected chi connectivity index (χ1v) is 10.8. The molecule has 0 aliphatic carbocycles. The normalized spacial score (nSPS) is 11.2. The number of imidazole rings is 1. The Morgan fingerprint density at radius 1 is 1.23 bits per heavy atom. The number of benzene rings is 1. The maximum Gasteiger partial charge on any atom is 0.149 e. The molecule has 4 nitrogen and oxygen atoms in total. The van der Waals surface area contributed by atoms with Crippen LogP contribution in [0.5, 0.6) is 5.75 Å². The zero-order valence-corrected chi connectivity index (χ0v) is 17.1. The van der Waals surface area contributed by atoms with Crippen LogP contribution < -0.4 is 4.74 Å². The SMILES string of the molecule is Cc1c(Cn2ccnc2C(C)C)cccc1OCCCSc1nccs1. The Balaban J connectivity index is 1.55. The average molecular weight is 388 g/mol. The van der Waals surface area contributed by atoms with Gasteiger partial charge in [-0.15, -0.1) is 11.3 Å². The van der Waals surface area contributed by atoms with Gasteiger partial charge in [0.05, 0.1) is 6.61 Å².